The van der Waals surface area contributed by atoms with Gasteiger partial charge in [-0.2, -0.15) is 0 Å². The average Bonchev–Trinajstić information content (AvgIpc) is 3.23. The molecular weight excluding hydrogens is 760 g/mol. The van der Waals surface area contributed by atoms with Crippen LogP contribution in [0.4, 0.5) is 0 Å². The largest absolute Gasteiger partial charge is 0.463 e. The van der Waals surface area contributed by atoms with E-state index >= 15 is 0 Å². The van der Waals surface area contributed by atoms with Crippen molar-refractivity contribution in [1.82, 2.24) is 0 Å². The van der Waals surface area contributed by atoms with Gasteiger partial charge < -0.3 is 54.7 Å². The molecule has 0 spiro atoms. The number of ether oxygens (including phenoxy) is 4. The van der Waals surface area contributed by atoms with Gasteiger partial charge in [0.05, 0.1) is 0 Å². The predicted molar refractivity (Wildman–Crippen MR) is 226 cm³/mol. The average molecular weight is 847 g/mol. The number of aliphatic hydroxyl groups excluding tert-OH is 7. The summed E-state index contributed by atoms with van der Waals surface area (Å²) >= 11 is 0. The first-order chi connectivity index (χ1) is 28.5. The molecule has 1 aliphatic carbocycles. The van der Waals surface area contributed by atoms with Crippen molar-refractivity contribution in [2.45, 2.75) is 274 Å². The molecule has 13 heteroatoms. The maximum Gasteiger partial charge on any atom is 0.306 e. The highest BCUT2D eigenvalue weighted by molar-refractivity contribution is 5.70. The van der Waals surface area contributed by atoms with Gasteiger partial charge >= 0.3 is 11.9 Å². The molecule has 348 valence electrons. The van der Waals surface area contributed by atoms with E-state index in [1.807, 2.05) is 0 Å². The molecule has 0 aromatic carbocycles. The second-order valence-corrected chi connectivity index (χ2v) is 17.4. The number of hydrogen-bond donors (Lipinski definition) is 7. The molecule has 0 bridgehead atoms. The van der Waals surface area contributed by atoms with Gasteiger partial charge in [0, 0.05) is 12.8 Å². The standard InChI is InChI=1S/C46H86O13/c1-3-5-7-9-11-13-15-17-19-21-23-25-27-29-31-35(47)56-33-34-44(58-36(48)32-30-28-26-24-22-20-18-16-14-12-10-8-6-4-2)42(54)43(55)46(57-34)59-45-40(52)38(50)37(49)39(51)41(45)53/h34,37-46,49-55H,3-33H2,1-2H3/t34-,37?,38-,39+,40+,41-,42-,43+,44-,45?,46-/m1/s1. The normalized spacial score (nSPS) is 28.5. The van der Waals surface area contributed by atoms with Crippen LogP contribution >= 0.6 is 0 Å². The van der Waals surface area contributed by atoms with Gasteiger partial charge in [0.15, 0.2) is 12.4 Å². The van der Waals surface area contributed by atoms with Crippen LogP contribution in [0.25, 0.3) is 0 Å². The maximum atomic E-state index is 13.0. The molecule has 0 amide bonds. The van der Waals surface area contributed by atoms with E-state index < -0.39 is 85.9 Å². The van der Waals surface area contributed by atoms with Gasteiger partial charge in [-0.05, 0) is 12.8 Å². The summed E-state index contributed by atoms with van der Waals surface area (Å²) in [4.78, 5) is 25.7. The predicted octanol–water partition coefficient (Wildman–Crippen LogP) is 6.83. The van der Waals surface area contributed by atoms with Crippen LogP contribution < -0.4 is 0 Å². The highest BCUT2D eigenvalue weighted by Crippen LogP contribution is 2.31. The zero-order valence-corrected chi connectivity index (χ0v) is 36.9. The topological polar surface area (TPSA) is 213 Å². The van der Waals surface area contributed by atoms with Gasteiger partial charge in [0.1, 0.15) is 61.5 Å². The Kier molecular flexibility index (Phi) is 30.2. The Bertz CT molecular complexity index is 1030. The Morgan fingerprint density at radius 3 is 1.12 bits per heavy atom. The molecule has 1 saturated carbocycles. The van der Waals surface area contributed by atoms with Crippen LogP contribution in [0, 0.1) is 0 Å². The maximum absolute atomic E-state index is 13.0. The molecule has 1 saturated heterocycles. The summed E-state index contributed by atoms with van der Waals surface area (Å²) in [5.41, 5.74) is 0. The first kappa shape index (κ1) is 53.7. The van der Waals surface area contributed by atoms with Gasteiger partial charge in [-0.3, -0.25) is 9.59 Å². The van der Waals surface area contributed by atoms with E-state index in [0.717, 1.165) is 38.5 Å². The summed E-state index contributed by atoms with van der Waals surface area (Å²) in [7, 11) is 0. The van der Waals surface area contributed by atoms with Crippen molar-refractivity contribution >= 4 is 11.9 Å². The lowest BCUT2D eigenvalue weighted by atomic mass is 9.84. The number of aliphatic hydroxyl groups is 7. The molecule has 1 heterocycles. The molecule has 7 N–H and O–H groups in total. The highest BCUT2D eigenvalue weighted by atomic mass is 16.7. The lowest BCUT2D eigenvalue weighted by Crippen LogP contribution is -2.67. The molecule has 2 aliphatic rings. The van der Waals surface area contributed by atoms with E-state index in [4.69, 9.17) is 18.9 Å². The van der Waals surface area contributed by atoms with Crippen LogP contribution in [-0.4, -0.2) is 122 Å². The third-order valence-electron chi connectivity index (χ3n) is 12.1. The lowest BCUT2D eigenvalue weighted by Gasteiger charge is -2.46. The van der Waals surface area contributed by atoms with E-state index in [2.05, 4.69) is 13.8 Å². The first-order valence-corrected chi connectivity index (χ1v) is 24.0. The van der Waals surface area contributed by atoms with E-state index in [1.54, 1.807) is 0 Å². The zero-order valence-electron chi connectivity index (χ0n) is 36.9. The van der Waals surface area contributed by atoms with E-state index in [1.165, 1.54) is 128 Å². The monoisotopic (exact) mass is 847 g/mol. The molecule has 2 unspecified atom stereocenters. The number of hydrogen-bond acceptors (Lipinski definition) is 13. The summed E-state index contributed by atoms with van der Waals surface area (Å²) < 4.78 is 22.5. The fourth-order valence-corrected chi connectivity index (χ4v) is 8.20. The summed E-state index contributed by atoms with van der Waals surface area (Å²) in [5.74, 6) is -1.11. The Labute approximate surface area is 355 Å². The Balaban J connectivity index is 1.80. The molecular formula is C46H86O13. The molecule has 2 rings (SSSR count). The molecule has 13 nitrogen and oxygen atoms in total. The van der Waals surface area contributed by atoms with Crippen LogP contribution in [0.3, 0.4) is 0 Å². The summed E-state index contributed by atoms with van der Waals surface area (Å²) in [6.45, 7) is 4.02. The number of carbonyl (C=O) groups excluding carboxylic acids is 2. The Hall–Kier alpha value is -1.42. The zero-order chi connectivity index (χ0) is 43.3. The number of carbonyl (C=O) groups is 2. The first-order valence-electron chi connectivity index (χ1n) is 24.0. The van der Waals surface area contributed by atoms with E-state index in [9.17, 15) is 45.3 Å². The van der Waals surface area contributed by atoms with Gasteiger partial charge in [0.25, 0.3) is 0 Å². The van der Waals surface area contributed by atoms with Crippen LogP contribution in [-0.2, 0) is 28.5 Å². The minimum Gasteiger partial charge on any atom is -0.463 e. The molecule has 2 fully saturated rings. The number of rotatable bonds is 35. The minimum atomic E-state index is -1.89. The quantitative estimate of drug-likeness (QED) is 0.0258. The highest BCUT2D eigenvalue weighted by Gasteiger charge is 2.53. The smallest absolute Gasteiger partial charge is 0.306 e. The van der Waals surface area contributed by atoms with Gasteiger partial charge in [0.2, 0.25) is 0 Å². The van der Waals surface area contributed by atoms with Crippen molar-refractivity contribution in [2.24, 2.45) is 0 Å². The van der Waals surface area contributed by atoms with Gasteiger partial charge in [-0.25, -0.2) is 0 Å². The van der Waals surface area contributed by atoms with E-state index in [0.29, 0.717) is 12.8 Å². The molecule has 0 radical (unpaired) electrons. The van der Waals surface area contributed by atoms with Crippen LogP contribution in [0.1, 0.15) is 206 Å². The van der Waals surface area contributed by atoms with Crippen molar-refractivity contribution < 1.29 is 64.3 Å². The van der Waals surface area contributed by atoms with Crippen molar-refractivity contribution in [1.29, 1.82) is 0 Å². The van der Waals surface area contributed by atoms with Crippen LogP contribution in [0.2, 0.25) is 0 Å². The molecule has 11 atom stereocenters. The number of unbranched alkanes of at least 4 members (excludes halogenated alkanes) is 26. The second-order valence-electron chi connectivity index (χ2n) is 17.4. The van der Waals surface area contributed by atoms with Gasteiger partial charge in [-0.1, -0.05) is 181 Å². The molecule has 0 aromatic heterocycles. The second kappa shape index (κ2) is 33.2. The minimum absolute atomic E-state index is 0.0848. The Morgan fingerprint density at radius 1 is 0.407 bits per heavy atom. The molecule has 0 aromatic rings. The fourth-order valence-electron chi connectivity index (χ4n) is 8.20. The molecule has 1 aliphatic heterocycles. The van der Waals surface area contributed by atoms with Crippen molar-refractivity contribution in [3.8, 4) is 0 Å². The lowest BCUT2D eigenvalue weighted by molar-refractivity contribution is -0.340. The third-order valence-corrected chi connectivity index (χ3v) is 12.1. The summed E-state index contributed by atoms with van der Waals surface area (Å²) in [6, 6.07) is 0. The van der Waals surface area contributed by atoms with Crippen molar-refractivity contribution in [3.63, 3.8) is 0 Å². The van der Waals surface area contributed by atoms with Crippen molar-refractivity contribution in [2.75, 3.05) is 6.61 Å². The Morgan fingerprint density at radius 2 is 0.729 bits per heavy atom. The van der Waals surface area contributed by atoms with Crippen molar-refractivity contribution in [3.05, 3.63) is 0 Å². The summed E-state index contributed by atoms with van der Waals surface area (Å²) in [5, 5.41) is 73.4. The number of esters is 2. The summed E-state index contributed by atoms with van der Waals surface area (Å²) in [6.07, 6.45) is 13.9. The van der Waals surface area contributed by atoms with E-state index in [-0.39, 0.29) is 12.8 Å². The fraction of sp³-hybridized carbons (Fsp3) is 0.957. The van der Waals surface area contributed by atoms with Crippen LogP contribution in [0.15, 0.2) is 0 Å². The van der Waals surface area contributed by atoms with Crippen LogP contribution in [0.5, 0.6) is 0 Å². The third kappa shape index (κ3) is 22.0. The SMILES string of the molecule is CCCCCCCCCCCCCCCCC(=O)OC[C@H]1O[C@H](OC2[C@@H](O)[C@H](O)C(O)[C@H](O)[C@H]2O)[C@@H](O)[C@@H](O)[C@@H]1OC(=O)CCCCCCCCCCCCCCCC. The molecule has 59 heavy (non-hydrogen) atoms. The van der Waals surface area contributed by atoms with Gasteiger partial charge in [-0.15, -0.1) is 0 Å².